The van der Waals surface area contributed by atoms with Gasteiger partial charge in [-0.2, -0.15) is 0 Å². The third-order valence-corrected chi connectivity index (χ3v) is 3.59. The van der Waals surface area contributed by atoms with Crippen LogP contribution in [0.25, 0.3) is 0 Å². The molecule has 4 heteroatoms. The van der Waals surface area contributed by atoms with Crippen molar-refractivity contribution in [1.82, 2.24) is 5.32 Å². The molecule has 1 saturated heterocycles. The number of amides is 1. The van der Waals surface area contributed by atoms with Crippen LogP contribution < -0.4 is 5.32 Å². The van der Waals surface area contributed by atoms with Crippen LogP contribution in [-0.4, -0.2) is 17.4 Å². The standard InChI is InChI=1S/C13H17NO2S/c1-13(2,3)17-11-7-5-4-6-9(11)10-8-16-12(15)14-10/h4-7,10H,8H2,1-3H3,(H,14,15)/t10-/m0/s1. The molecule has 0 unspecified atom stereocenters. The fraction of sp³-hybridized carbons (Fsp3) is 0.462. The molecule has 1 N–H and O–H groups in total. The van der Waals surface area contributed by atoms with Crippen molar-refractivity contribution >= 4 is 17.9 Å². The highest BCUT2D eigenvalue weighted by molar-refractivity contribution is 8.00. The Morgan fingerprint density at radius 2 is 2.06 bits per heavy atom. The van der Waals surface area contributed by atoms with E-state index in [4.69, 9.17) is 4.74 Å². The Morgan fingerprint density at radius 1 is 1.35 bits per heavy atom. The molecule has 3 nitrogen and oxygen atoms in total. The first kappa shape index (κ1) is 12.3. The summed E-state index contributed by atoms with van der Waals surface area (Å²) in [5, 5.41) is 2.82. The van der Waals surface area contributed by atoms with E-state index >= 15 is 0 Å². The molecule has 1 aromatic carbocycles. The Balaban J connectivity index is 2.24. The highest BCUT2D eigenvalue weighted by Gasteiger charge is 2.26. The topological polar surface area (TPSA) is 38.3 Å². The molecule has 1 aliphatic rings. The van der Waals surface area contributed by atoms with E-state index in [1.54, 1.807) is 0 Å². The first-order valence-corrected chi connectivity index (χ1v) is 6.48. The number of carbonyl (C=O) groups is 1. The minimum atomic E-state index is -0.328. The number of benzene rings is 1. The zero-order valence-corrected chi connectivity index (χ0v) is 11.1. The van der Waals surface area contributed by atoms with E-state index in [0.717, 1.165) is 5.56 Å². The molecule has 1 atom stereocenters. The minimum Gasteiger partial charge on any atom is -0.447 e. The zero-order valence-electron chi connectivity index (χ0n) is 10.3. The highest BCUT2D eigenvalue weighted by Crippen LogP contribution is 2.36. The van der Waals surface area contributed by atoms with E-state index in [1.165, 1.54) is 4.90 Å². The molecule has 1 fully saturated rings. The summed E-state index contributed by atoms with van der Waals surface area (Å²) in [7, 11) is 0. The van der Waals surface area contributed by atoms with E-state index in [0.29, 0.717) is 6.61 Å². The largest absolute Gasteiger partial charge is 0.447 e. The molecule has 1 aliphatic heterocycles. The van der Waals surface area contributed by atoms with Crippen LogP contribution >= 0.6 is 11.8 Å². The summed E-state index contributed by atoms with van der Waals surface area (Å²) in [6.45, 7) is 6.95. The van der Waals surface area contributed by atoms with Gasteiger partial charge in [0, 0.05) is 9.64 Å². The lowest BCUT2D eigenvalue weighted by atomic mass is 10.1. The minimum absolute atomic E-state index is 0.0199. The van der Waals surface area contributed by atoms with Gasteiger partial charge in [0.1, 0.15) is 6.61 Å². The lowest BCUT2D eigenvalue weighted by Gasteiger charge is -2.21. The van der Waals surface area contributed by atoms with Crippen LogP contribution in [0.2, 0.25) is 0 Å². The number of ether oxygens (including phenoxy) is 1. The Labute approximate surface area is 106 Å². The van der Waals surface area contributed by atoms with Crippen molar-refractivity contribution in [3.05, 3.63) is 29.8 Å². The van der Waals surface area contributed by atoms with Crippen LogP contribution in [0, 0.1) is 0 Å². The van der Waals surface area contributed by atoms with Crippen molar-refractivity contribution in [3.8, 4) is 0 Å². The molecule has 0 aromatic heterocycles. The second kappa shape index (κ2) is 4.61. The number of thioether (sulfide) groups is 1. The normalized spacial score (nSPS) is 19.9. The van der Waals surface area contributed by atoms with Crippen LogP contribution in [0.5, 0.6) is 0 Å². The van der Waals surface area contributed by atoms with Crippen LogP contribution in [0.15, 0.2) is 29.2 Å². The van der Waals surface area contributed by atoms with E-state index in [9.17, 15) is 4.79 Å². The van der Waals surface area contributed by atoms with Crippen molar-refractivity contribution < 1.29 is 9.53 Å². The maximum atomic E-state index is 11.1. The third-order valence-electron chi connectivity index (χ3n) is 2.38. The summed E-state index contributed by atoms with van der Waals surface area (Å²) in [6.07, 6.45) is -0.328. The molecule has 1 aromatic rings. The number of cyclic esters (lactones) is 1. The third kappa shape index (κ3) is 3.16. The first-order chi connectivity index (χ1) is 7.96. The quantitative estimate of drug-likeness (QED) is 0.819. The van der Waals surface area contributed by atoms with Gasteiger partial charge in [0.05, 0.1) is 6.04 Å². The first-order valence-electron chi connectivity index (χ1n) is 5.67. The van der Waals surface area contributed by atoms with Gasteiger partial charge in [-0.3, -0.25) is 0 Å². The lowest BCUT2D eigenvalue weighted by molar-refractivity contribution is 0.177. The van der Waals surface area contributed by atoms with E-state index in [2.05, 4.69) is 32.2 Å². The summed E-state index contributed by atoms with van der Waals surface area (Å²) < 4.78 is 5.10. The van der Waals surface area contributed by atoms with Gasteiger partial charge in [-0.15, -0.1) is 11.8 Å². The van der Waals surface area contributed by atoms with Crippen molar-refractivity contribution in [2.75, 3.05) is 6.61 Å². The molecule has 17 heavy (non-hydrogen) atoms. The smallest absolute Gasteiger partial charge is 0.407 e. The molecule has 0 saturated carbocycles. The number of hydrogen-bond donors (Lipinski definition) is 1. The SMILES string of the molecule is CC(C)(C)Sc1ccccc1[C@@H]1COC(=O)N1. The second-order valence-corrected chi connectivity index (χ2v) is 6.92. The summed E-state index contributed by atoms with van der Waals surface area (Å²) in [5.74, 6) is 0. The number of hydrogen-bond acceptors (Lipinski definition) is 3. The molecular formula is C13H17NO2S. The van der Waals surface area contributed by atoms with Gasteiger partial charge in [0.2, 0.25) is 0 Å². The van der Waals surface area contributed by atoms with Crippen LogP contribution in [0.4, 0.5) is 4.79 Å². The van der Waals surface area contributed by atoms with Crippen LogP contribution in [-0.2, 0) is 4.74 Å². The Bertz CT molecular complexity index is 426. The molecule has 92 valence electrons. The molecule has 0 spiro atoms. The van der Waals surface area contributed by atoms with E-state index in [1.807, 2.05) is 30.0 Å². The summed E-state index contributed by atoms with van der Waals surface area (Å²) in [4.78, 5) is 12.3. The van der Waals surface area contributed by atoms with Crippen molar-refractivity contribution in [2.24, 2.45) is 0 Å². The fourth-order valence-electron chi connectivity index (χ4n) is 1.74. The number of carbonyl (C=O) groups excluding carboxylic acids is 1. The van der Waals surface area contributed by atoms with Gasteiger partial charge in [-0.05, 0) is 11.6 Å². The van der Waals surface area contributed by atoms with Crippen LogP contribution in [0.3, 0.4) is 0 Å². The Morgan fingerprint density at radius 3 is 2.65 bits per heavy atom. The van der Waals surface area contributed by atoms with Gasteiger partial charge >= 0.3 is 6.09 Å². The van der Waals surface area contributed by atoms with Gasteiger partial charge in [0.25, 0.3) is 0 Å². The summed E-state index contributed by atoms with van der Waals surface area (Å²) in [5.41, 5.74) is 1.14. The summed E-state index contributed by atoms with van der Waals surface area (Å²) in [6, 6.07) is 8.14. The Hall–Kier alpha value is -1.16. The molecular weight excluding hydrogens is 234 g/mol. The summed E-state index contributed by atoms with van der Waals surface area (Å²) >= 11 is 1.81. The predicted octanol–water partition coefficient (Wildman–Crippen LogP) is 3.36. The molecule has 0 aliphatic carbocycles. The van der Waals surface area contributed by atoms with Crippen LogP contribution in [0.1, 0.15) is 32.4 Å². The molecule has 1 amide bonds. The van der Waals surface area contributed by atoms with Crippen molar-refractivity contribution in [3.63, 3.8) is 0 Å². The van der Waals surface area contributed by atoms with Gasteiger partial charge in [0.15, 0.2) is 0 Å². The van der Waals surface area contributed by atoms with E-state index in [-0.39, 0.29) is 16.9 Å². The average Bonchev–Trinajstić information content (AvgIpc) is 2.63. The monoisotopic (exact) mass is 251 g/mol. The molecule has 1 heterocycles. The van der Waals surface area contributed by atoms with E-state index < -0.39 is 0 Å². The fourth-order valence-corrected chi connectivity index (χ4v) is 2.88. The number of alkyl carbamates (subject to hydrolysis) is 1. The van der Waals surface area contributed by atoms with Crippen molar-refractivity contribution in [1.29, 1.82) is 0 Å². The Kier molecular flexibility index (Phi) is 3.33. The number of rotatable bonds is 2. The molecule has 0 bridgehead atoms. The van der Waals surface area contributed by atoms with Gasteiger partial charge in [-0.1, -0.05) is 39.0 Å². The molecule has 2 rings (SSSR count). The second-order valence-electron chi connectivity index (χ2n) is 5.05. The maximum absolute atomic E-state index is 11.1. The van der Waals surface area contributed by atoms with Crippen molar-refractivity contribution in [2.45, 2.75) is 36.5 Å². The van der Waals surface area contributed by atoms with Gasteiger partial charge < -0.3 is 10.1 Å². The molecule has 0 radical (unpaired) electrons. The zero-order chi connectivity index (χ0) is 12.5. The number of nitrogens with one attached hydrogen (secondary N) is 1. The maximum Gasteiger partial charge on any atom is 0.407 e. The predicted molar refractivity (Wildman–Crippen MR) is 69.3 cm³/mol. The highest BCUT2D eigenvalue weighted by atomic mass is 32.2. The lowest BCUT2D eigenvalue weighted by Crippen LogP contribution is -2.19. The van der Waals surface area contributed by atoms with Gasteiger partial charge in [-0.25, -0.2) is 4.79 Å². The average molecular weight is 251 g/mol.